The third kappa shape index (κ3) is 3.22. The summed E-state index contributed by atoms with van der Waals surface area (Å²) in [7, 11) is 0. The van der Waals surface area contributed by atoms with Crippen LogP contribution >= 0.6 is 15.9 Å². The topological polar surface area (TPSA) is 27.1 Å². The van der Waals surface area contributed by atoms with Crippen molar-refractivity contribution in [3.8, 4) is 0 Å². The number of aromatic nitrogens is 2. The molecule has 2 rings (SSSR count). The van der Waals surface area contributed by atoms with Crippen LogP contribution < -0.4 is 0 Å². The van der Waals surface area contributed by atoms with E-state index in [1.165, 1.54) is 6.07 Å². The van der Waals surface area contributed by atoms with Crippen molar-refractivity contribution in [2.24, 2.45) is 0 Å². The molecule has 1 aromatic heterocycles. The van der Waals surface area contributed by atoms with Gasteiger partial charge in [0.25, 0.3) is 0 Å². The molecule has 0 atom stereocenters. The van der Waals surface area contributed by atoms with E-state index in [1.807, 2.05) is 18.5 Å². The molecule has 19 heavy (non-hydrogen) atoms. The lowest BCUT2D eigenvalue weighted by atomic mass is 10.2. The molecule has 3 nitrogen and oxygen atoms in total. The van der Waals surface area contributed by atoms with Crippen molar-refractivity contribution in [3.63, 3.8) is 0 Å². The molecule has 0 unspecified atom stereocenters. The minimum Gasteiger partial charge on any atom is -0.370 e. The minimum absolute atomic E-state index is 0.234. The highest BCUT2D eigenvalue weighted by Gasteiger charge is 2.12. The second kappa shape index (κ2) is 6.30. The highest BCUT2D eigenvalue weighted by molar-refractivity contribution is 9.10. The van der Waals surface area contributed by atoms with E-state index in [-0.39, 0.29) is 12.4 Å². The van der Waals surface area contributed by atoms with Crippen LogP contribution in [0.15, 0.2) is 28.7 Å². The average Bonchev–Trinajstić information content (AvgIpc) is 2.68. The SMILES string of the molecule is CCn1nc(C)c(Br)c1COCc1ccccc1F. The van der Waals surface area contributed by atoms with E-state index in [0.29, 0.717) is 12.2 Å². The molecular formula is C14H16BrFN2O. The quantitative estimate of drug-likeness (QED) is 0.834. The summed E-state index contributed by atoms with van der Waals surface area (Å²) >= 11 is 3.51. The summed E-state index contributed by atoms with van der Waals surface area (Å²) in [6.45, 7) is 5.41. The predicted octanol–water partition coefficient (Wildman–Crippen LogP) is 3.83. The Hall–Kier alpha value is -1.20. The number of ether oxygens (including phenoxy) is 1. The van der Waals surface area contributed by atoms with Crippen LogP contribution in [0.3, 0.4) is 0 Å². The number of halogens is 2. The summed E-state index contributed by atoms with van der Waals surface area (Å²) < 4.78 is 21.9. The van der Waals surface area contributed by atoms with Gasteiger partial charge in [-0.05, 0) is 35.8 Å². The third-order valence-corrected chi connectivity index (χ3v) is 3.94. The lowest BCUT2D eigenvalue weighted by Gasteiger charge is -2.07. The summed E-state index contributed by atoms with van der Waals surface area (Å²) in [5.41, 5.74) is 2.49. The van der Waals surface area contributed by atoms with E-state index in [2.05, 4.69) is 21.0 Å². The van der Waals surface area contributed by atoms with Gasteiger partial charge >= 0.3 is 0 Å². The van der Waals surface area contributed by atoms with Crippen molar-refractivity contribution < 1.29 is 9.13 Å². The second-order valence-corrected chi connectivity index (χ2v) is 5.04. The van der Waals surface area contributed by atoms with Gasteiger partial charge in [0.2, 0.25) is 0 Å². The lowest BCUT2D eigenvalue weighted by Crippen LogP contribution is -2.05. The van der Waals surface area contributed by atoms with E-state index in [4.69, 9.17) is 4.74 Å². The first-order valence-electron chi connectivity index (χ1n) is 6.16. The normalized spacial score (nSPS) is 10.9. The summed E-state index contributed by atoms with van der Waals surface area (Å²) in [5, 5.41) is 4.39. The van der Waals surface area contributed by atoms with Gasteiger partial charge in [-0.15, -0.1) is 0 Å². The summed E-state index contributed by atoms with van der Waals surface area (Å²) in [4.78, 5) is 0. The van der Waals surface area contributed by atoms with E-state index in [1.54, 1.807) is 18.2 Å². The molecule has 0 spiro atoms. The molecule has 0 saturated carbocycles. The van der Waals surface area contributed by atoms with Gasteiger partial charge in [0.15, 0.2) is 0 Å². The number of hydrogen-bond acceptors (Lipinski definition) is 2. The van der Waals surface area contributed by atoms with Crippen LogP contribution in [0, 0.1) is 12.7 Å². The smallest absolute Gasteiger partial charge is 0.128 e. The Morgan fingerprint density at radius 3 is 2.74 bits per heavy atom. The molecule has 0 aliphatic heterocycles. The molecule has 1 heterocycles. The Morgan fingerprint density at radius 1 is 1.32 bits per heavy atom. The van der Waals surface area contributed by atoms with Crippen molar-refractivity contribution in [1.29, 1.82) is 0 Å². The summed E-state index contributed by atoms with van der Waals surface area (Å²) in [6.07, 6.45) is 0. The molecule has 2 aromatic rings. The van der Waals surface area contributed by atoms with Crippen molar-refractivity contribution in [1.82, 2.24) is 9.78 Å². The van der Waals surface area contributed by atoms with Crippen LogP contribution in [0.25, 0.3) is 0 Å². The van der Waals surface area contributed by atoms with Gasteiger partial charge < -0.3 is 4.74 Å². The second-order valence-electron chi connectivity index (χ2n) is 4.25. The monoisotopic (exact) mass is 326 g/mol. The van der Waals surface area contributed by atoms with Gasteiger partial charge in [-0.2, -0.15) is 5.10 Å². The van der Waals surface area contributed by atoms with Crippen molar-refractivity contribution >= 4 is 15.9 Å². The number of benzene rings is 1. The van der Waals surface area contributed by atoms with E-state index < -0.39 is 0 Å². The van der Waals surface area contributed by atoms with Gasteiger partial charge in [-0.25, -0.2) is 4.39 Å². The molecule has 0 aliphatic carbocycles. The predicted molar refractivity (Wildman–Crippen MR) is 75.2 cm³/mol. The minimum atomic E-state index is -0.234. The number of rotatable bonds is 5. The zero-order chi connectivity index (χ0) is 13.8. The van der Waals surface area contributed by atoms with Gasteiger partial charge in [0.1, 0.15) is 5.82 Å². The highest BCUT2D eigenvalue weighted by atomic mass is 79.9. The van der Waals surface area contributed by atoms with Crippen molar-refractivity contribution in [2.45, 2.75) is 33.6 Å². The maximum Gasteiger partial charge on any atom is 0.128 e. The van der Waals surface area contributed by atoms with Crippen LogP contribution in [0.1, 0.15) is 23.9 Å². The summed E-state index contributed by atoms with van der Waals surface area (Å²) in [5.74, 6) is -0.234. The maximum atomic E-state index is 13.4. The maximum absolute atomic E-state index is 13.4. The van der Waals surface area contributed by atoms with Gasteiger partial charge in [0.05, 0.1) is 29.1 Å². The van der Waals surface area contributed by atoms with Gasteiger partial charge in [-0.1, -0.05) is 18.2 Å². The lowest BCUT2D eigenvalue weighted by molar-refractivity contribution is 0.0987. The third-order valence-electron chi connectivity index (χ3n) is 2.91. The molecule has 0 aliphatic rings. The summed E-state index contributed by atoms with van der Waals surface area (Å²) in [6, 6.07) is 6.64. The zero-order valence-electron chi connectivity index (χ0n) is 11.0. The Kier molecular flexibility index (Phi) is 4.71. The Labute approximate surface area is 120 Å². The van der Waals surface area contributed by atoms with Crippen LogP contribution in [0.5, 0.6) is 0 Å². The number of hydrogen-bond donors (Lipinski definition) is 0. The van der Waals surface area contributed by atoms with Crippen molar-refractivity contribution in [3.05, 3.63) is 51.5 Å². The van der Waals surface area contributed by atoms with Crippen LogP contribution in [-0.2, 0) is 24.5 Å². The Bertz CT molecular complexity index is 569. The number of aryl methyl sites for hydroxylation is 2. The Morgan fingerprint density at radius 2 is 2.05 bits per heavy atom. The first-order valence-corrected chi connectivity index (χ1v) is 6.95. The molecule has 5 heteroatoms. The van der Waals surface area contributed by atoms with Crippen LogP contribution in [-0.4, -0.2) is 9.78 Å². The molecule has 102 valence electrons. The van der Waals surface area contributed by atoms with Crippen LogP contribution in [0.4, 0.5) is 4.39 Å². The van der Waals surface area contributed by atoms with E-state index >= 15 is 0 Å². The zero-order valence-corrected chi connectivity index (χ0v) is 12.6. The first-order chi connectivity index (χ1) is 9.13. The fraction of sp³-hybridized carbons (Fsp3) is 0.357. The van der Waals surface area contributed by atoms with E-state index in [0.717, 1.165) is 22.4 Å². The fourth-order valence-corrected chi connectivity index (χ4v) is 2.28. The molecule has 0 fully saturated rings. The largest absolute Gasteiger partial charge is 0.370 e. The molecular weight excluding hydrogens is 311 g/mol. The number of nitrogens with zero attached hydrogens (tertiary/aromatic N) is 2. The molecule has 0 saturated heterocycles. The fourth-order valence-electron chi connectivity index (χ4n) is 1.88. The average molecular weight is 327 g/mol. The first kappa shape index (κ1) is 14.2. The van der Waals surface area contributed by atoms with Crippen molar-refractivity contribution in [2.75, 3.05) is 0 Å². The molecule has 1 aromatic carbocycles. The molecule has 0 radical (unpaired) electrons. The highest BCUT2D eigenvalue weighted by Crippen LogP contribution is 2.22. The van der Waals surface area contributed by atoms with E-state index in [9.17, 15) is 4.39 Å². The molecule has 0 N–H and O–H groups in total. The molecule has 0 amide bonds. The van der Waals surface area contributed by atoms with Gasteiger partial charge in [-0.3, -0.25) is 4.68 Å². The Balaban J connectivity index is 2.02. The standard InChI is InChI=1S/C14H16BrFN2O/c1-3-18-13(14(15)10(2)17-18)9-19-8-11-6-4-5-7-12(11)16/h4-7H,3,8-9H2,1-2H3. The molecule has 0 bridgehead atoms. The van der Waals surface area contributed by atoms with Crippen LogP contribution in [0.2, 0.25) is 0 Å². The van der Waals surface area contributed by atoms with Gasteiger partial charge in [0, 0.05) is 12.1 Å².